The fourth-order valence-corrected chi connectivity index (χ4v) is 1.83. The molecule has 0 radical (unpaired) electrons. The van der Waals surface area contributed by atoms with Gasteiger partial charge in [0.1, 0.15) is 6.61 Å². The van der Waals surface area contributed by atoms with E-state index in [4.69, 9.17) is 4.74 Å². The second-order valence-corrected chi connectivity index (χ2v) is 4.09. The molecule has 4 heteroatoms. The van der Waals surface area contributed by atoms with Crippen molar-refractivity contribution in [2.45, 2.75) is 13.1 Å². The van der Waals surface area contributed by atoms with Crippen molar-refractivity contribution in [2.24, 2.45) is 4.99 Å². The van der Waals surface area contributed by atoms with Crippen LogP contribution >= 0.6 is 0 Å². The Morgan fingerprint density at radius 1 is 1.29 bits per heavy atom. The molecule has 1 unspecified atom stereocenters. The molecule has 0 spiro atoms. The van der Waals surface area contributed by atoms with E-state index in [0.29, 0.717) is 12.5 Å². The van der Waals surface area contributed by atoms with E-state index in [0.717, 1.165) is 11.1 Å². The lowest BCUT2D eigenvalue weighted by Crippen LogP contribution is -2.08. The first-order valence-electron chi connectivity index (χ1n) is 5.60. The lowest BCUT2D eigenvalue weighted by Gasteiger charge is -2.03. The summed E-state index contributed by atoms with van der Waals surface area (Å²) in [6, 6.07) is 9.93. The molecular formula is C13H13N3O. The molecule has 1 aliphatic rings. The van der Waals surface area contributed by atoms with Gasteiger partial charge in [-0.25, -0.2) is 9.67 Å². The number of rotatable bonds is 2. The van der Waals surface area contributed by atoms with Crippen LogP contribution in [0, 0.1) is 6.92 Å². The molecule has 0 fully saturated rings. The van der Waals surface area contributed by atoms with Crippen LogP contribution in [0.25, 0.3) is 0 Å². The average molecular weight is 227 g/mol. The molecule has 0 saturated carbocycles. The Kier molecular flexibility index (Phi) is 2.40. The molecule has 1 aromatic carbocycles. The summed E-state index contributed by atoms with van der Waals surface area (Å²) >= 11 is 0. The summed E-state index contributed by atoms with van der Waals surface area (Å²) in [6.07, 6.45) is 3.76. The number of hydrogen-bond acceptors (Lipinski definition) is 3. The minimum absolute atomic E-state index is 0.0427. The van der Waals surface area contributed by atoms with Crippen molar-refractivity contribution in [1.29, 1.82) is 0 Å². The van der Waals surface area contributed by atoms with E-state index in [2.05, 4.69) is 10.1 Å². The molecule has 2 aromatic rings. The van der Waals surface area contributed by atoms with E-state index < -0.39 is 0 Å². The molecule has 0 bridgehead atoms. The van der Waals surface area contributed by atoms with Crippen LogP contribution in [0.3, 0.4) is 0 Å². The van der Waals surface area contributed by atoms with Crippen LogP contribution in [0.2, 0.25) is 0 Å². The lowest BCUT2D eigenvalue weighted by molar-refractivity contribution is 0.278. The van der Waals surface area contributed by atoms with Crippen LogP contribution in [0.1, 0.15) is 17.3 Å². The summed E-state index contributed by atoms with van der Waals surface area (Å²) in [4.78, 5) is 4.54. The highest BCUT2D eigenvalue weighted by molar-refractivity contribution is 5.94. The number of aryl methyl sites for hydroxylation is 1. The molecule has 0 saturated heterocycles. The third-order valence-electron chi connectivity index (χ3n) is 2.69. The first kappa shape index (κ1) is 10.1. The molecule has 0 amide bonds. The fraction of sp³-hybridized carbons (Fsp3) is 0.231. The van der Waals surface area contributed by atoms with Crippen molar-refractivity contribution >= 4 is 5.90 Å². The summed E-state index contributed by atoms with van der Waals surface area (Å²) in [7, 11) is 0. The largest absolute Gasteiger partial charge is 0.473 e. The molecule has 1 aromatic heterocycles. The molecule has 17 heavy (non-hydrogen) atoms. The molecule has 1 aliphatic heterocycles. The number of benzene rings is 1. The summed E-state index contributed by atoms with van der Waals surface area (Å²) in [5.74, 6) is 0.698. The van der Waals surface area contributed by atoms with Gasteiger partial charge in [-0.3, -0.25) is 0 Å². The summed E-state index contributed by atoms with van der Waals surface area (Å²) < 4.78 is 7.44. The second-order valence-electron chi connectivity index (χ2n) is 4.09. The Hall–Kier alpha value is -2.10. The SMILES string of the molecule is Cc1cnn(C2COC(c3ccccc3)=N2)c1. The molecule has 2 heterocycles. The van der Waals surface area contributed by atoms with Crippen LogP contribution in [0.15, 0.2) is 47.7 Å². The van der Waals surface area contributed by atoms with Crippen molar-refractivity contribution in [2.75, 3.05) is 6.61 Å². The van der Waals surface area contributed by atoms with Crippen molar-refractivity contribution in [1.82, 2.24) is 9.78 Å². The van der Waals surface area contributed by atoms with Crippen LogP contribution in [0.5, 0.6) is 0 Å². The number of ether oxygens (including phenoxy) is 1. The smallest absolute Gasteiger partial charge is 0.218 e. The minimum atomic E-state index is -0.0427. The predicted octanol–water partition coefficient (Wildman–Crippen LogP) is 2.17. The van der Waals surface area contributed by atoms with Gasteiger partial charge >= 0.3 is 0 Å². The van der Waals surface area contributed by atoms with E-state index >= 15 is 0 Å². The highest BCUT2D eigenvalue weighted by atomic mass is 16.5. The van der Waals surface area contributed by atoms with Crippen LogP contribution in [0.4, 0.5) is 0 Å². The Morgan fingerprint density at radius 3 is 2.82 bits per heavy atom. The van der Waals surface area contributed by atoms with E-state index in [1.807, 2.05) is 54.3 Å². The van der Waals surface area contributed by atoms with E-state index in [9.17, 15) is 0 Å². The number of hydrogen-bond donors (Lipinski definition) is 0. The number of nitrogens with zero attached hydrogens (tertiary/aromatic N) is 3. The van der Waals surface area contributed by atoms with E-state index in [1.165, 1.54) is 0 Å². The molecule has 86 valence electrons. The van der Waals surface area contributed by atoms with Crippen LogP contribution in [-0.2, 0) is 4.74 Å². The van der Waals surface area contributed by atoms with Gasteiger partial charge < -0.3 is 4.74 Å². The Balaban J connectivity index is 1.86. The Labute approximate surface area is 99.6 Å². The van der Waals surface area contributed by atoms with Gasteiger partial charge in [-0.15, -0.1) is 0 Å². The first-order valence-corrected chi connectivity index (χ1v) is 5.60. The maximum Gasteiger partial charge on any atom is 0.218 e. The molecule has 0 N–H and O–H groups in total. The molecule has 1 atom stereocenters. The molecule has 4 nitrogen and oxygen atoms in total. The zero-order valence-electron chi connectivity index (χ0n) is 9.58. The van der Waals surface area contributed by atoms with Crippen LogP contribution < -0.4 is 0 Å². The lowest BCUT2D eigenvalue weighted by atomic mass is 10.2. The highest BCUT2D eigenvalue weighted by Gasteiger charge is 2.21. The predicted molar refractivity (Wildman–Crippen MR) is 64.9 cm³/mol. The van der Waals surface area contributed by atoms with Crippen molar-refractivity contribution in [3.05, 3.63) is 53.9 Å². The van der Waals surface area contributed by atoms with Crippen molar-refractivity contribution in [3.63, 3.8) is 0 Å². The zero-order valence-corrected chi connectivity index (χ0v) is 9.58. The topological polar surface area (TPSA) is 39.4 Å². The van der Waals surface area contributed by atoms with Gasteiger partial charge in [0.25, 0.3) is 0 Å². The Morgan fingerprint density at radius 2 is 2.12 bits per heavy atom. The summed E-state index contributed by atoms with van der Waals surface area (Å²) in [5, 5.41) is 4.26. The number of aromatic nitrogens is 2. The average Bonchev–Trinajstić information content (AvgIpc) is 2.98. The molecular weight excluding hydrogens is 214 g/mol. The van der Waals surface area contributed by atoms with Gasteiger partial charge in [0, 0.05) is 11.8 Å². The maximum absolute atomic E-state index is 5.60. The van der Waals surface area contributed by atoms with Crippen molar-refractivity contribution in [3.8, 4) is 0 Å². The second kappa shape index (κ2) is 4.05. The third-order valence-corrected chi connectivity index (χ3v) is 2.69. The monoisotopic (exact) mass is 227 g/mol. The molecule has 3 rings (SSSR count). The third kappa shape index (κ3) is 1.93. The van der Waals surface area contributed by atoms with Gasteiger partial charge in [0.2, 0.25) is 5.90 Å². The van der Waals surface area contributed by atoms with Gasteiger partial charge in [-0.2, -0.15) is 5.10 Å². The number of aliphatic imine (C=N–C) groups is 1. The normalized spacial score (nSPS) is 18.9. The quantitative estimate of drug-likeness (QED) is 0.788. The van der Waals surface area contributed by atoms with Crippen molar-refractivity contribution < 1.29 is 4.74 Å². The van der Waals surface area contributed by atoms with Crippen LogP contribution in [-0.4, -0.2) is 22.3 Å². The summed E-state index contributed by atoms with van der Waals surface area (Å²) in [5.41, 5.74) is 2.15. The first-order chi connectivity index (χ1) is 8.33. The Bertz CT molecular complexity index is 545. The minimum Gasteiger partial charge on any atom is -0.473 e. The van der Waals surface area contributed by atoms with Gasteiger partial charge in [0.15, 0.2) is 6.17 Å². The van der Waals surface area contributed by atoms with Gasteiger partial charge in [-0.05, 0) is 24.6 Å². The summed E-state index contributed by atoms with van der Waals surface area (Å²) in [6.45, 7) is 2.56. The standard InChI is InChI=1S/C13H13N3O/c1-10-7-14-16(8-10)12-9-17-13(15-12)11-5-3-2-4-6-11/h2-8,12H,9H2,1H3. The highest BCUT2D eigenvalue weighted by Crippen LogP contribution is 2.19. The van der Waals surface area contributed by atoms with Gasteiger partial charge in [0.05, 0.1) is 6.20 Å². The van der Waals surface area contributed by atoms with E-state index in [-0.39, 0.29) is 6.17 Å². The van der Waals surface area contributed by atoms with E-state index in [1.54, 1.807) is 0 Å². The van der Waals surface area contributed by atoms with Gasteiger partial charge in [-0.1, -0.05) is 18.2 Å². The zero-order chi connectivity index (χ0) is 11.7. The maximum atomic E-state index is 5.60. The molecule has 0 aliphatic carbocycles. The fourth-order valence-electron chi connectivity index (χ4n) is 1.83.